The summed E-state index contributed by atoms with van der Waals surface area (Å²) in [5.74, 6) is -0.186. The first kappa shape index (κ1) is 15.4. The monoisotopic (exact) mass is 273 g/mol. The van der Waals surface area contributed by atoms with Crippen LogP contribution in [0.3, 0.4) is 0 Å². The van der Waals surface area contributed by atoms with Crippen molar-refractivity contribution in [1.29, 1.82) is 0 Å². The molecule has 0 amide bonds. The van der Waals surface area contributed by atoms with Crippen molar-refractivity contribution >= 4 is 11.6 Å². The summed E-state index contributed by atoms with van der Waals surface area (Å²) in [6.07, 6.45) is 2.59. The summed E-state index contributed by atoms with van der Waals surface area (Å²) < 4.78 is 18.7. The highest BCUT2D eigenvalue weighted by Gasteiger charge is 2.11. The molecule has 1 aromatic carbocycles. The van der Waals surface area contributed by atoms with Crippen LogP contribution in [0, 0.1) is 5.82 Å². The van der Waals surface area contributed by atoms with Crippen LogP contribution in [0.25, 0.3) is 0 Å². The number of nitrogens with one attached hydrogen (secondary N) is 1. The van der Waals surface area contributed by atoms with Crippen LogP contribution >= 0.6 is 11.6 Å². The number of hydrogen-bond donors (Lipinski definition) is 1. The summed E-state index contributed by atoms with van der Waals surface area (Å²) in [6.45, 7) is 3.66. The predicted molar refractivity (Wildman–Crippen MR) is 73.7 cm³/mol. The smallest absolute Gasteiger partial charge is 0.126 e. The Morgan fingerprint density at radius 2 is 2.22 bits per heavy atom. The molecule has 0 spiro atoms. The highest BCUT2D eigenvalue weighted by molar-refractivity contribution is 6.30. The van der Waals surface area contributed by atoms with Crippen LogP contribution in [0.1, 0.15) is 25.3 Å². The van der Waals surface area contributed by atoms with Crippen LogP contribution in [0.5, 0.6) is 0 Å². The first-order valence-corrected chi connectivity index (χ1v) is 6.71. The number of benzene rings is 1. The maximum absolute atomic E-state index is 13.6. The Hall–Kier alpha value is -0.640. The second kappa shape index (κ2) is 8.46. The maximum atomic E-state index is 13.6. The van der Waals surface area contributed by atoms with E-state index < -0.39 is 0 Å². The molecule has 0 saturated carbocycles. The molecule has 18 heavy (non-hydrogen) atoms. The van der Waals surface area contributed by atoms with Crippen molar-refractivity contribution in [3.63, 3.8) is 0 Å². The van der Waals surface area contributed by atoms with Crippen LogP contribution in [0.4, 0.5) is 4.39 Å². The van der Waals surface area contributed by atoms with Crippen LogP contribution in [0.15, 0.2) is 18.2 Å². The van der Waals surface area contributed by atoms with Gasteiger partial charge in [-0.15, -0.1) is 0 Å². The summed E-state index contributed by atoms with van der Waals surface area (Å²) in [6, 6.07) is 4.97. The third-order valence-electron chi connectivity index (χ3n) is 2.87. The Morgan fingerprint density at radius 3 is 2.89 bits per heavy atom. The van der Waals surface area contributed by atoms with Crippen molar-refractivity contribution in [3.8, 4) is 0 Å². The van der Waals surface area contributed by atoms with Crippen LogP contribution < -0.4 is 5.32 Å². The Morgan fingerprint density at radius 1 is 1.44 bits per heavy atom. The van der Waals surface area contributed by atoms with Gasteiger partial charge in [-0.25, -0.2) is 4.39 Å². The molecule has 2 nitrogen and oxygen atoms in total. The molecule has 0 aromatic heterocycles. The molecule has 1 atom stereocenters. The van der Waals surface area contributed by atoms with Gasteiger partial charge in [0, 0.05) is 24.8 Å². The molecule has 1 unspecified atom stereocenters. The Bertz CT molecular complexity index is 360. The van der Waals surface area contributed by atoms with E-state index >= 15 is 0 Å². The minimum atomic E-state index is -0.186. The fraction of sp³-hybridized carbons (Fsp3) is 0.571. The lowest BCUT2D eigenvalue weighted by atomic mass is 10.0. The van der Waals surface area contributed by atoms with Gasteiger partial charge < -0.3 is 10.1 Å². The Balaban J connectivity index is 2.60. The average molecular weight is 274 g/mol. The van der Waals surface area contributed by atoms with Gasteiger partial charge in [0.1, 0.15) is 5.82 Å². The topological polar surface area (TPSA) is 21.3 Å². The van der Waals surface area contributed by atoms with Crippen LogP contribution in [-0.2, 0) is 11.2 Å². The van der Waals surface area contributed by atoms with Crippen molar-refractivity contribution in [2.45, 2.75) is 32.2 Å². The van der Waals surface area contributed by atoms with Crippen molar-refractivity contribution in [1.82, 2.24) is 5.32 Å². The van der Waals surface area contributed by atoms with E-state index in [1.165, 1.54) is 6.07 Å². The second-order valence-electron chi connectivity index (χ2n) is 4.33. The van der Waals surface area contributed by atoms with Gasteiger partial charge >= 0.3 is 0 Å². The predicted octanol–water partition coefficient (Wildman–Crippen LogP) is 3.43. The van der Waals surface area contributed by atoms with E-state index in [2.05, 4.69) is 12.2 Å². The quantitative estimate of drug-likeness (QED) is 0.733. The highest BCUT2D eigenvalue weighted by atomic mass is 35.5. The van der Waals surface area contributed by atoms with Crippen molar-refractivity contribution < 1.29 is 9.13 Å². The van der Waals surface area contributed by atoms with E-state index in [1.807, 2.05) is 0 Å². The third kappa shape index (κ3) is 5.34. The van der Waals surface area contributed by atoms with Gasteiger partial charge in [0.25, 0.3) is 0 Å². The van der Waals surface area contributed by atoms with E-state index in [4.69, 9.17) is 16.3 Å². The molecule has 0 aliphatic rings. The summed E-state index contributed by atoms with van der Waals surface area (Å²) in [7, 11) is 1.69. The number of halogens is 2. The molecule has 1 aromatic rings. The molecule has 102 valence electrons. The van der Waals surface area contributed by atoms with Crippen molar-refractivity contribution in [3.05, 3.63) is 34.6 Å². The van der Waals surface area contributed by atoms with Crippen molar-refractivity contribution in [2.75, 3.05) is 20.3 Å². The van der Waals surface area contributed by atoms with Gasteiger partial charge in [0.2, 0.25) is 0 Å². The van der Waals surface area contributed by atoms with E-state index in [0.29, 0.717) is 17.0 Å². The third-order valence-corrected chi connectivity index (χ3v) is 3.10. The zero-order valence-electron chi connectivity index (χ0n) is 11.0. The molecular formula is C14H21ClFNO. The first-order chi connectivity index (χ1) is 8.67. The second-order valence-corrected chi connectivity index (χ2v) is 4.77. The fourth-order valence-electron chi connectivity index (χ4n) is 2.00. The number of rotatable bonds is 8. The van der Waals surface area contributed by atoms with E-state index in [1.54, 1.807) is 19.2 Å². The lowest BCUT2D eigenvalue weighted by molar-refractivity contribution is 0.188. The zero-order chi connectivity index (χ0) is 13.4. The number of methoxy groups -OCH3 is 1. The minimum absolute atomic E-state index is 0.186. The molecule has 0 aliphatic carbocycles. The Labute approximate surface area is 113 Å². The molecule has 0 saturated heterocycles. The number of ether oxygens (including phenoxy) is 1. The Kier molecular flexibility index (Phi) is 7.25. The molecular weight excluding hydrogens is 253 g/mol. The summed E-state index contributed by atoms with van der Waals surface area (Å²) in [5.41, 5.74) is 0.672. The summed E-state index contributed by atoms with van der Waals surface area (Å²) >= 11 is 5.90. The van der Waals surface area contributed by atoms with Crippen LogP contribution in [-0.4, -0.2) is 26.3 Å². The SMILES string of the molecule is CCNC(CCCOC)Cc1cc(Cl)ccc1F. The average Bonchev–Trinajstić information content (AvgIpc) is 2.34. The van der Waals surface area contributed by atoms with Crippen LogP contribution in [0.2, 0.25) is 5.02 Å². The molecule has 0 aliphatic heterocycles. The summed E-state index contributed by atoms with van der Waals surface area (Å²) in [5, 5.41) is 3.95. The highest BCUT2D eigenvalue weighted by Crippen LogP contribution is 2.17. The fourth-order valence-corrected chi connectivity index (χ4v) is 2.20. The standard InChI is InChI=1S/C14H21ClFNO/c1-3-17-13(5-4-8-18-2)10-11-9-12(15)6-7-14(11)16/h6-7,9,13,17H,3-5,8,10H2,1-2H3. The van der Waals surface area contributed by atoms with Gasteiger partial charge in [-0.05, 0) is 49.6 Å². The molecule has 1 rings (SSSR count). The van der Waals surface area contributed by atoms with E-state index in [-0.39, 0.29) is 11.9 Å². The molecule has 0 fully saturated rings. The largest absolute Gasteiger partial charge is 0.385 e. The van der Waals surface area contributed by atoms with E-state index in [9.17, 15) is 4.39 Å². The maximum Gasteiger partial charge on any atom is 0.126 e. The van der Waals surface area contributed by atoms with Gasteiger partial charge in [-0.1, -0.05) is 18.5 Å². The van der Waals surface area contributed by atoms with Crippen molar-refractivity contribution in [2.24, 2.45) is 0 Å². The van der Waals surface area contributed by atoms with E-state index in [0.717, 1.165) is 26.0 Å². The van der Waals surface area contributed by atoms with Gasteiger partial charge in [-0.2, -0.15) is 0 Å². The normalized spacial score (nSPS) is 12.7. The summed E-state index contributed by atoms with van der Waals surface area (Å²) in [4.78, 5) is 0. The van der Waals surface area contributed by atoms with Gasteiger partial charge in [-0.3, -0.25) is 0 Å². The molecule has 1 N–H and O–H groups in total. The first-order valence-electron chi connectivity index (χ1n) is 6.33. The molecule has 0 heterocycles. The molecule has 0 radical (unpaired) electrons. The lowest BCUT2D eigenvalue weighted by Gasteiger charge is -2.18. The minimum Gasteiger partial charge on any atom is -0.385 e. The zero-order valence-corrected chi connectivity index (χ0v) is 11.8. The number of hydrogen-bond acceptors (Lipinski definition) is 2. The van der Waals surface area contributed by atoms with Gasteiger partial charge in [0.05, 0.1) is 0 Å². The lowest BCUT2D eigenvalue weighted by Crippen LogP contribution is -2.31. The van der Waals surface area contributed by atoms with Gasteiger partial charge in [0.15, 0.2) is 0 Å². The molecule has 4 heteroatoms. The molecule has 0 bridgehead atoms. The number of likely N-dealkylation sites (N-methyl/N-ethyl adjacent to an activating group) is 1.